The lowest BCUT2D eigenvalue weighted by Gasteiger charge is -2.29. The molecule has 6 heteroatoms. The third-order valence-corrected chi connectivity index (χ3v) is 4.23. The standard InChI is InChI=1S/C16H22ClNO4/c1-21-14-5-4-12(17)10-13(14)15(20)18-11-16(22-9-8-19)6-2-3-7-16/h4-5,10,19H,2-3,6-9,11H2,1H3,(H,18,20). The van der Waals surface area contributed by atoms with Crippen LogP contribution in [0.2, 0.25) is 5.02 Å². The number of benzene rings is 1. The minimum atomic E-state index is -0.371. The number of rotatable bonds is 7. The molecule has 1 amide bonds. The highest BCUT2D eigenvalue weighted by molar-refractivity contribution is 6.31. The van der Waals surface area contributed by atoms with Crippen molar-refractivity contribution in [3.63, 3.8) is 0 Å². The van der Waals surface area contributed by atoms with E-state index in [0.717, 1.165) is 25.7 Å². The second-order valence-corrected chi connectivity index (χ2v) is 5.93. The van der Waals surface area contributed by atoms with Gasteiger partial charge in [0.05, 0.1) is 31.5 Å². The van der Waals surface area contributed by atoms with Crippen LogP contribution in [0.5, 0.6) is 5.75 Å². The zero-order chi connectivity index (χ0) is 16.0. The van der Waals surface area contributed by atoms with Crippen molar-refractivity contribution in [1.82, 2.24) is 5.32 Å². The highest BCUT2D eigenvalue weighted by Crippen LogP contribution is 2.33. The summed E-state index contributed by atoms with van der Waals surface area (Å²) in [7, 11) is 1.52. The summed E-state index contributed by atoms with van der Waals surface area (Å²) in [5.74, 6) is 0.247. The molecule has 122 valence electrons. The Balaban J connectivity index is 2.03. The predicted molar refractivity (Wildman–Crippen MR) is 84.6 cm³/mol. The van der Waals surface area contributed by atoms with Crippen molar-refractivity contribution in [3.05, 3.63) is 28.8 Å². The van der Waals surface area contributed by atoms with E-state index in [2.05, 4.69) is 5.32 Å². The Morgan fingerprint density at radius 1 is 1.41 bits per heavy atom. The number of amides is 1. The average Bonchev–Trinajstić information content (AvgIpc) is 3.00. The average molecular weight is 328 g/mol. The summed E-state index contributed by atoms with van der Waals surface area (Å²) in [6.45, 7) is 0.690. The van der Waals surface area contributed by atoms with E-state index in [9.17, 15) is 4.79 Å². The van der Waals surface area contributed by atoms with Crippen LogP contribution in [-0.4, -0.2) is 43.5 Å². The topological polar surface area (TPSA) is 67.8 Å². The van der Waals surface area contributed by atoms with Gasteiger partial charge in [-0.3, -0.25) is 4.79 Å². The smallest absolute Gasteiger partial charge is 0.255 e. The quantitative estimate of drug-likeness (QED) is 0.807. The highest BCUT2D eigenvalue weighted by atomic mass is 35.5. The van der Waals surface area contributed by atoms with Crippen molar-refractivity contribution in [3.8, 4) is 5.75 Å². The number of ether oxygens (including phenoxy) is 2. The van der Waals surface area contributed by atoms with Crippen molar-refractivity contribution >= 4 is 17.5 Å². The summed E-state index contributed by atoms with van der Waals surface area (Å²) in [5, 5.41) is 12.3. The van der Waals surface area contributed by atoms with Gasteiger partial charge in [0, 0.05) is 11.6 Å². The number of carbonyl (C=O) groups is 1. The Labute approximate surface area is 135 Å². The maximum absolute atomic E-state index is 12.4. The second kappa shape index (κ2) is 7.81. The Bertz CT molecular complexity index is 515. The minimum Gasteiger partial charge on any atom is -0.496 e. The molecule has 1 saturated carbocycles. The van der Waals surface area contributed by atoms with Gasteiger partial charge in [-0.15, -0.1) is 0 Å². The van der Waals surface area contributed by atoms with Crippen LogP contribution in [0.3, 0.4) is 0 Å². The number of halogens is 1. The van der Waals surface area contributed by atoms with Crippen LogP contribution in [0.15, 0.2) is 18.2 Å². The van der Waals surface area contributed by atoms with E-state index < -0.39 is 0 Å². The van der Waals surface area contributed by atoms with Gasteiger partial charge in [0.25, 0.3) is 5.91 Å². The molecule has 0 saturated heterocycles. The highest BCUT2D eigenvalue weighted by Gasteiger charge is 2.35. The summed E-state index contributed by atoms with van der Waals surface area (Å²) >= 11 is 5.95. The van der Waals surface area contributed by atoms with E-state index in [1.807, 2.05) is 0 Å². The Hall–Kier alpha value is -1.30. The molecule has 0 spiro atoms. The van der Waals surface area contributed by atoms with E-state index in [-0.39, 0.29) is 24.7 Å². The van der Waals surface area contributed by atoms with E-state index in [1.54, 1.807) is 18.2 Å². The molecule has 1 aromatic rings. The minimum absolute atomic E-state index is 0.0161. The van der Waals surface area contributed by atoms with Crippen LogP contribution >= 0.6 is 11.6 Å². The van der Waals surface area contributed by atoms with Crippen LogP contribution in [0, 0.1) is 0 Å². The van der Waals surface area contributed by atoms with Gasteiger partial charge in [0.15, 0.2) is 0 Å². The fourth-order valence-corrected chi connectivity index (χ4v) is 3.02. The Morgan fingerprint density at radius 3 is 2.77 bits per heavy atom. The van der Waals surface area contributed by atoms with Gasteiger partial charge in [-0.05, 0) is 31.0 Å². The molecule has 0 unspecified atom stereocenters. The molecule has 1 aliphatic rings. The van der Waals surface area contributed by atoms with Crippen LogP contribution in [0.25, 0.3) is 0 Å². The third-order valence-electron chi connectivity index (χ3n) is 3.99. The number of hydrogen-bond donors (Lipinski definition) is 2. The van der Waals surface area contributed by atoms with Crippen LogP contribution < -0.4 is 10.1 Å². The lowest BCUT2D eigenvalue weighted by atomic mass is 10.0. The summed E-state index contributed by atoms with van der Waals surface area (Å²) in [6.07, 6.45) is 3.92. The van der Waals surface area contributed by atoms with Crippen molar-refractivity contribution in [2.24, 2.45) is 0 Å². The molecule has 1 aromatic carbocycles. The van der Waals surface area contributed by atoms with E-state index in [4.69, 9.17) is 26.2 Å². The molecule has 5 nitrogen and oxygen atoms in total. The zero-order valence-electron chi connectivity index (χ0n) is 12.7. The largest absolute Gasteiger partial charge is 0.496 e. The van der Waals surface area contributed by atoms with E-state index in [1.165, 1.54) is 7.11 Å². The molecule has 22 heavy (non-hydrogen) atoms. The van der Waals surface area contributed by atoms with Crippen molar-refractivity contribution < 1.29 is 19.4 Å². The molecule has 2 N–H and O–H groups in total. The number of aliphatic hydroxyl groups excluding tert-OH is 1. The summed E-state index contributed by atoms with van der Waals surface area (Å²) in [4.78, 5) is 12.4. The zero-order valence-corrected chi connectivity index (χ0v) is 13.5. The summed E-state index contributed by atoms with van der Waals surface area (Å²) in [5.41, 5.74) is 0.0369. The number of nitrogens with one attached hydrogen (secondary N) is 1. The number of hydrogen-bond acceptors (Lipinski definition) is 4. The van der Waals surface area contributed by atoms with Gasteiger partial charge in [0.2, 0.25) is 0 Å². The number of methoxy groups -OCH3 is 1. The maximum atomic E-state index is 12.4. The normalized spacial score (nSPS) is 16.5. The van der Waals surface area contributed by atoms with Crippen LogP contribution in [-0.2, 0) is 4.74 Å². The molecule has 0 atom stereocenters. The lowest BCUT2D eigenvalue weighted by Crippen LogP contribution is -2.43. The fourth-order valence-electron chi connectivity index (χ4n) is 2.85. The third kappa shape index (κ3) is 4.12. The summed E-state index contributed by atoms with van der Waals surface area (Å²) < 4.78 is 11.0. The predicted octanol–water partition coefficient (Wildman–Crippen LogP) is 2.40. The molecule has 0 aromatic heterocycles. The van der Waals surface area contributed by atoms with Gasteiger partial charge in [-0.2, -0.15) is 0 Å². The molecule has 2 rings (SSSR count). The SMILES string of the molecule is COc1ccc(Cl)cc1C(=O)NCC1(OCCO)CCCC1. The first-order valence-electron chi connectivity index (χ1n) is 7.47. The Kier molecular flexibility index (Phi) is 6.06. The first-order valence-corrected chi connectivity index (χ1v) is 7.84. The first-order chi connectivity index (χ1) is 10.6. The van der Waals surface area contributed by atoms with Gasteiger partial charge in [-0.25, -0.2) is 0 Å². The fraction of sp³-hybridized carbons (Fsp3) is 0.562. The number of aliphatic hydroxyl groups is 1. The van der Waals surface area contributed by atoms with Gasteiger partial charge < -0.3 is 19.9 Å². The van der Waals surface area contributed by atoms with Crippen LogP contribution in [0.4, 0.5) is 0 Å². The monoisotopic (exact) mass is 327 g/mol. The molecule has 1 aliphatic carbocycles. The van der Waals surface area contributed by atoms with Gasteiger partial charge in [0.1, 0.15) is 5.75 Å². The first kappa shape index (κ1) is 17.1. The Morgan fingerprint density at radius 2 is 2.14 bits per heavy atom. The van der Waals surface area contributed by atoms with Crippen LogP contribution in [0.1, 0.15) is 36.0 Å². The molecular weight excluding hydrogens is 306 g/mol. The lowest BCUT2D eigenvalue weighted by molar-refractivity contribution is -0.0511. The van der Waals surface area contributed by atoms with Crippen molar-refractivity contribution in [2.45, 2.75) is 31.3 Å². The maximum Gasteiger partial charge on any atom is 0.255 e. The van der Waals surface area contributed by atoms with E-state index in [0.29, 0.717) is 22.9 Å². The van der Waals surface area contributed by atoms with E-state index >= 15 is 0 Å². The molecule has 0 aliphatic heterocycles. The summed E-state index contributed by atoms with van der Waals surface area (Å²) in [6, 6.07) is 4.94. The molecule has 0 heterocycles. The second-order valence-electron chi connectivity index (χ2n) is 5.49. The number of carbonyl (C=O) groups excluding carboxylic acids is 1. The van der Waals surface area contributed by atoms with Gasteiger partial charge in [-0.1, -0.05) is 24.4 Å². The van der Waals surface area contributed by atoms with Crippen molar-refractivity contribution in [2.75, 3.05) is 26.9 Å². The molecular formula is C16H22ClNO4. The molecule has 1 fully saturated rings. The van der Waals surface area contributed by atoms with Gasteiger partial charge >= 0.3 is 0 Å². The molecule has 0 bridgehead atoms. The van der Waals surface area contributed by atoms with Crippen molar-refractivity contribution in [1.29, 1.82) is 0 Å². The molecule has 0 radical (unpaired) electrons.